The van der Waals surface area contributed by atoms with Crippen molar-refractivity contribution in [1.82, 2.24) is 0 Å². The van der Waals surface area contributed by atoms with Crippen LogP contribution in [0.1, 0.15) is 6.42 Å². The van der Waals surface area contributed by atoms with Crippen LogP contribution in [0.4, 0.5) is 57.1 Å². The average Bonchev–Trinajstić information content (AvgIpc) is 2.33. The first-order chi connectivity index (χ1) is 10.5. The zero-order chi connectivity index (χ0) is 20.9. The molecule has 0 aliphatic rings. The van der Waals surface area contributed by atoms with Crippen LogP contribution in [0, 0.1) is 0 Å². The van der Waals surface area contributed by atoms with Crippen molar-refractivity contribution in [3.8, 4) is 0 Å². The van der Waals surface area contributed by atoms with Crippen LogP contribution >= 0.6 is 19.9 Å². The van der Waals surface area contributed by atoms with Gasteiger partial charge in [-0.1, -0.05) is 10.7 Å². The topological polar surface area (TPSA) is 0 Å². The average molecular weight is 445 g/mol. The van der Waals surface area contributed by atoms with E-state index in [1.165, 1.54) is 0 Å². The quantitative estimate of drug-likeness (QED) is 0.402. The van der Waals surface area contributed by atoms with Gasteiger partial charge in [-0.3, -0.25) is 0 Å². The standard InChI is InChI=1S/C10H10ClF13S/c1-25(2,11)4-3-5(12,13)6(14,15)7(16,17)8(18,19)9(20,21)10(22,23)24/h3-4H2,1-2H3. The van der Waals surface area contributed by atoms with Crippen molar-refractivity contribution < 1.29 is 57.1 Å². The highest BCUT2D eigenvalue weighted by molar-refractivity contribution is 8.50. The summed E-state index contributed by atoms with van der Waals surface area (Å²) in [4.78, 5) is 0. The highest BCUT2D eigenvalue weighted by Gasteiger charge is 2.90. The second-order valence-corrected chi connectivity index (χ2v) is 11.1. The fourth-order valence-electron chi connectivity index (χ4n) is 1.33. The molecule has 0 bridgehead atoms. The second-order valence-electron chi connectivity index (χ2n) is 5.36. The van der Waals surface area contributed by atoms with Gasteiger partial charge in [0.25, 0.3) is 0 Å². The van der Waals surface area contributed by atoms with Crippen molar-refractivity contribution in [2.45, 2.75) is 42.2 Å². The summed E-state index contributed by atoms with van der Waals surface area (Å²) in [6.45, 7) is 0. The highest BCUT2D eigenvalue weighted by atomic mass is 35.7. The third-order valence-corrected chi connectivity index (χ3v) is 4.54. The van der Waals surface area contributed by atoms with Crippen LogP contribution in [0.5, 0.6) is 0 Å². The first kappa shape index (κ1) is 24.7. The van der Waals surface area contributed by atoms with E-state index in [-0.39, 0.29) is 0 Å². The molecule has 154 valence electrons. The van der Waals surface area contributed by atoms with Gasteiger partial charge in [0.2, 0.25) is 0 Å². The van der Waals surface area contributed by atoms with Crippen LogP contribution in [-0.4, -0.2) is 54.1 Å². The van der Waals surface area contributed by atoms with Gasteiger partial charge >= 0.3 is 35.8 Å². The summed E-state index contributed by atoms with van der Waals surface area (Å²) in [5.74, 6) is -37.6. The second kappa shape index (κ2) is 6.41. The van der Waals surface area contributed by atoms with Crippen LogP contribution in [-0.2, 0) is 0 Å². The fourth-order valence-corrected chi connectivity index (χ4v) is 2.30. The molecule has 0 atom stereocenters. The minimum absolute atomic E-state index is 1.04. The lowest BCUT2D eigenvalue weighted by Gasteiger charge is -2.40. The van der Waals surface area contributed by atoms with Crippen LogP contribution in [0.2, 0.25) is 0 Å². The normalized spacial score (nSPS) is 17.0. The molecule has 0 aromatic rings. The van der Waals surface area contributed by atoms with Gasteiger partial charge in [0.15, 0.2) is 0 Å². The summed E-state index contributed by atoms with van der Waals surface area (Å²) < 4.78 is 166. The van der Waals surface area contributed by atoms with Crippen LogP contribution in [0.15, 0.2) is 0 Å². The lowest BCUT2D eigenvalue weighted by Crippen LogP contribution is -2.70. The van der Waals surface area contributed by atoms with E-state index in [1.807, 2.05) is 0 Å². The van der Waals surface area contributed by atoms with Crippen molar-refractivity contribution in [3.05, 3.63) is 0 Å². The molecule has 0 spiro atoms. The van der Waals surface area contributed by atoms with E-state index >= 15 is 0 Å². The van der Waals surface area contributed by atoms with E-state index in [0.29, 0.717) is 0 Å². The summed E-state index contributed by atoms with van der Waals surface area (Å²) in [7, 11) is 2.87. The van der Waals surface area contributed by atoms with Crippen molar-refractivity contribution in [2.24, 2.45) is 0 Å². The predicted molar refractivity (Wildman–Crippen MR) is 65.6 cm³/mol. The molecule has 0 aliphatic carbocycles. The summed E-state index contributed by atoms with van der Waals surface area (Å²) in [6, 6.07) is 0. The maximum Gasteiger partial charge on any atom is 0.460 e. The Kier molecular flexibility index (Phi) is 6.34. The maximum atomic E-state index is 13.3. The lowest BCUT2D eigenvalue weighted by molar-refractivity contribution is -0.439. The maximum absolute atomic E-state index is 13.3. The minimum Gasteiger partial charge on any atom is -0.200 e. The van der Waals surface area contributed by atoms with Crippen molar-refractivity contribution in [3.63, 3.8) is 0 Å². The first-order valence-electron chi connectivity index (χ1n) is 5.82. The first-order valence-corrected chi connectivity index (χ1v) is 9.26. The van der Waals surface area contributed by atoms with Gasteiger partial charge in [-0.05, 0) is 18.3 Å². The molecule has 0 aromatic heterocycles. The third-order valence-electron chi connectivity index (χ3n) is 2.90. The smallest absolute Gasteiger partial charge is 0.200 e. The number of hydrogen-bond acceptors (Lipinski definition) is 0. The Hall–Kier alpha value is -0.270. The van der Waals surface area contributed by atoms with Crippen molar-refractivity contribution in [2.75, 3.05) is 18.3 Å². The summed E-state index contributed by atoms with van der Waals surface area (Å²) in [6.07, 6.45) is -7.57. The molecule has 0 aliphatic heterocycles. The van der Waals surface area contributed by atoms with Gasteiger partial charge < -0.3 is 0 Å². The molecule has 0 radical (unpaired) electrons. The predicted octanol–water partition coefficient (Wildman–Crippen LogP) is 6.33. The molecule has 15 heteroatoms. The molecule has 0 saturated carbocycles. The number of hydrogen-bond donors (Lipinski definition) is 0. The Labute approximate surface area is 138 Å². The number of alkyl halides is 13. The van der Waals surface area contributed by atoms with E-state index in [1.54, 1.807) is 0 Å². The molecule has 0 aromatic carbocycles. The third kappa shape index (κ3) is 4.19. The van der Waals surface area contributed by atoms with Gasteiger partial charge in [-0.25, -0.2) is 0 Å². The summed E-state index contributed by atoms with van der Waals surface area (Å²) in [5.41, 5.74) is 0. The van der Waals surface area contributed by atoms with E-state index in [9.17, 15) is 57.1 Å². The molecule has 0 nitrogen and oxygen atoms in total. The van der Waals surface area contributed by atoms with E-state index in [2.05, 4.69) is 0 Å². The summed E-state index contributed by atoms with van der Waals surface area (Å²) >= 11 is 0. The molecule has 0 heterocycles. The SMILES string of the molecule is CS(C)(Cl)CCC(F)(F)C(F)(F)C(F)(F)C(F)(F)C(F)(F)C(F)(F)F. The van der Waals surface area contributed by atoms with E-state index in [0.717, 1.165) is 12.5 Å². The van der Waals surface area contributed by atoms with Crippen LogP contribution < -0.4 is 0 Å². The summed E-state index contributed by atoms with van der Waals surface area (Å²) in [5, 5.41) is 0. The van der Waals surface area contributed by atoms with Gasteiger partial charge in [0.05, 0.1) is 0 Å². The molecule has 25 heavy (non-hydrogen) atoms. The van der Waals surface area contributed by atoms with Gasteiger partial charge in [0, 0.05) is 6.42 Å². The Balaban J connectivity index is 6.03. The van der Waals surface area contributed by atoms with Gasteiger partial charge in [0.1, 0.15) is 0 Å². The molecular weight excluding hydrogens is 435 g/mol. The Morgan fingerprint density at radius 2 is 0.920 bits per heavy atom. The monoisotopic (exact) mass is 444 g/mol. The number of halogens is 14. The molecule has 0 saturated heterocycles. The molecule has 0 amide bonds. The minimum atomic E-state index is -7.85. The zero-order valence-corrected chi connectivity index (χ0v) is 13.7. The van der Waals surface area contributed by atoms with Gasteiger partial charge in [-0.2, -0.15) is 66.3 Å². The highest BCUT2D eigenvalue weighted by Crippen LogP contribution is 2.61. The Bertz CT molecular complexity index is 476. The lowest BCUT2D eigenvalue weighted by atomic mass is 9.93. The molecule has 0 N–H and O–H groups in total. The largest absolute Gasteiger partial charge is 0.460 e. The fraction of sp³-hybridized carbons (Fsp3) is 1.00. The van der Waals surface area contributed by atoms with Crippen molar-refractivity contribution >= 4 is 19.9 Å². The Morgan fingerprint density at radius 1 is 0.600 bits per heavy atom. The Morgan fingerprint density at radius 3 is 1.20 bits per heavy atom. The molecule has 0 fully saturated rings. The van der Waals surface area contributed by atoms with Gasteiger partial charge in [-0.15, -0.1) is 0 Å². The van der Waals surface area contributed by atoms with E-state index < -0.39 is 57.2 Å². The van der Waals surface area contributed by atoms with E-state index in [4.69, 9.17) is 10.7 Å². The van der Waals surface area contributed by atoms with Crippen LogP contribution in [0.25, 0.3) is 0 Å². The molecule has 0 rings (SSSR count). The zero-order valence-electron chi connectivity index (χ0n) is 12.1. The molecule has 0 unspecified atom stereocenters. The van der Waals surface area contributed by atoms with Crippen LogP contribution in [0.3, 0.4) is 0 Å². The molecular formula is C10H10ClF13S. The number of rotatable bonds is 7. The van der Waals surface area contributed by atoms with Crippen molar-refractivity contribution in [1.29, 1.82) is 0 Å².